The van der Waals surface area contributed by atoms with Crippen LogP contribution in [0.4, 0.5) is 5.82 Å². The number of hydrogen-bond donors (Lipinski definition) is 1. The van der Waals surface area contributed by atoms with Gasteiger partial charge in [0.05, 0.1) is 32.9 Å². The topological polar surface area (TPSA) is 93.6 Å². The SMILES string of the molecule is COc1ccc(CC(=O)N2CCc3c(ncnc3NC(=O)CC34CC5CC(CC(C5)C3)C4)C2)cc1OC. The first-order valence-corrected chi connectivity index (χ1v) is 13.5. The van der Waals surface area contributed by atoms with E-state index in [2.05, 4.69) is 15.3 Å². The Bertz CT molecular complexity index is 1180. The maximum atomic E-state index is 13.2. The molecular formula is C29H36N4O4. The molecule has 0 unspecified atom stereocenters. The highest BCUT2D eigenvalue weighted by Gasteiger charge is 2.51. The van der Waals surface area contributed by atoms with E-state index in [1.807, 2.05) is 23.1 Å². The Morgan fingerprint density at radius 2 is 1.73 bits per heavy atom. The van der Waals surface area contributed by atoms with E-state index >= 15 is 0 Å². The number of rotatable bonds is 7. The Morgan fingerprint density at radius 3 is 2.41 bits per heavy atom. The van der Waals surface area contributed by atoms with Crippen LogP contribution in [0.5, 0.6) is 11.5 Å². The number of fused-ring (bicyclic) bond motifs is 1. The number of anilines is 1. The summed E-state index contributed by atoms with van der Waals surface area (Å²) in [6.45, 7) is 0.992. The van der Waals surface area contributed by atoms with Crippen molar-refractivity contribution in [2.45, 2.75) is 64.3 Å². The number of nitrogens with one attached hydrogen (secondary N) is 1. The van der Waals surface area contributed by atoms with E-state index in [-0.39, 0.29) is 23.7 Å². The van der Waals surface area contributed by atoms with Crippen molar-refractivity contribution in [3.63, 3.8) is 0 Å². The Kier molecular flexibility index (Phi) is 6.29. The summed E-state index contributed by atoms with van der Waals surface area (Å²) in [5.74, 6) is 4.46. The molecule has 0 saturated heterocycles. The monoisotopic (exact) mass is 504 g/mol. The first-order valence-electron chi connectivity index (χ1n) is 13.5. The van der Waals surface area contributed by atoms with Gasteiger partial charge < -0.3 is 19.7 Å². The van der Waals surface area contributed by atoms with E-state index in [1.54, 1.807) is 14.2 Å². The number of aromatic nitrogens is 2. The zero-order valence-electron chi connectivity index (χ0n) is 21.8. The maximum absolute atomic E-state index is 13.2. The molecule has 4 fully saturated rings. The molecule has 1 aliphatic heterocycles. The standard InChI is InChI=1S/C29H36N4O4/c1-36-24-4-3-18(10-25(24)37-2)11-27(35)33-6-5-22-23(16-33)30-17-31-28(22)32-26(34)15-29-12-19-7-20(13-29)9-21(8-19)14-29/h3-4,10,17,19-21H,5-9,11-16H2,1-2H3,(H,30,31,32,34). The molecule has 8 nitrogen and oxygen atoms in total. The number of carbonyl (C=O) groups is 2. The maximum Gasteiger partial charge on any atom is 0.227 e. The van der Waals surface area contributed by atoms with Gasteiger partial charge >= 0.3 is 0 Å². The molecule has 4 aliphatic carbocycles. The van der Waals surface area contributed by atoms with Crippen LogP contribution in [-0.4, -0.2) is 47.4 Å². The first-order chi connectivity index (χ1) is 17.9. The molecule has 5 aliphatic rings. The van der Waals surface area contributed by atoms with E-state index in [1.165, 1.54) is 44.9 Å². The van der Waals surface area contributed by atoms with Gasteiger partial charge in [-0.1, -0.05) is 6.07 Å². The van der Waals surface area contributed by atoms with E-state index in [0.29, 0.717) is 43.2 Å². The summed E-state index contributed by atoms with van der Waals surface area (Å²) in [5, 5.41) is 3.13. The van der Waals surface area contributed by atoms with Crippen LogP contribution in [0.1, 0.15) is 61.8 Å². The summed E-state index contributed by atoms with van der Waals surface area (Å²) in [7, 11) is 3.18. The minimum atomic E-state index is 0.0314. The van der Waals surface area contributed by atoms with Crippen LogP contribution in [0.2, 0.25) is 0 Å². The summed E-state index contributed by atoms with van der Waals surface area (Å²) in [5.41, 5.74) is 2.83. The van der Waals surface area contributed by atoms with Gasteiger partial charge in [-0.15, -0.1) is 0 Å². The van der Waals surface area contributed by atoms with Gasteiger partial charge in [0, 0.05) is 18.5 Å². The molecule has 4 saturated carbocycles. The van der Waals surface area contributed by atoms with Gasteiger partial charge in [0.25, 0.3) is 0 Å². The van der Waals surface area contributed by atoms with Crippen molar-refractivity contribution in [3.8, 4) is 11.5 Å². The van der Waals surface area contributed by atoms with Gasteiger partial charge in [-0.25, -0.2) is 9.97 Å². The quantitative estimate of drug-likeness (QED) is 0.609. The van der Waals surface area contributed by atoms with Crippen LogP contribution in [0, 0.1) is 23.2 Å². The minimum absolute atomic E-state index is 0.0314. The van der Waals surface area contributed by atoms with Crippen molar-refractivity contribution >= 4 is 17.6 Å². The lowest BCUT2D eigenvalue weighted by Gasteiger charge is -2.56. The van der Waals surface area contributed by atoms with Crippen molar-refractivity contribution in [2.75, 3.05) is 26.1 Å². The number of nitrogens with zero attached hydrogens (tertiary/aromatic N) is 3. The molecule has 7 rings (SSSR count). The average molecular weight is 505 g/mol. The lowest BCUT2D eigenvalue weighted by molar-refractivity contribution is -0.131. The Balaban J connectivity index is 1.10. The molecule has 2 amide bonds. The van der Waals surface area contributed by atoms with E-state index in [4.69, 9.17) is 9.47 Å². The second-order valence-corrected chi connectivity index (χ2v) is 11.7. The molecule has 1 N–H and O–H groups in total. The van der Waals surface area contributed by atoms with Gasteiger partial charge in [0.15, 0.2) is 11.5 Å². The normalized spacial score (nSPS) is 27.5. The molecule has 1 aromatic heterocycles. The zero-order chi connectivity index (χ0) is 25.6. The van der Waals surface area contributed by atoms with Gasteiger partial charge in [0.1, 0.15) is 12.1 Å². The largest absolute Gasteiger partial charge is 0.493 e. The fraction of sp³-hybridized carbons (Fsp3) is 0.586. The Morgan fingerprint density at radius 1 is 1.03 bits per heavy atom. The lowest BCUT2D eigenvalue weighted by atomic mass is 9.49. The molecule has 37 heavy (non-hydrogen) atoms. The predicted molar refractivity (Wildman–Crippen MR) is 138 cm³/mol. The highest BCUT2D eigenvalue weighted by Crippen LogP contribution is 2.61. The van der Waals surface area contributed by atoms with Gasteiger partial charge in [-0.05, 0) is 85.8 Å². The summed E-state index contributed by atoms with van der Waals surface area (Å²) in [6.07, 6.45) is 10.8. The Labute approximate surface area is 218 Å². The number of ether oxygens (including phenoxy) is 2. The zero-order valence-corrected chi connectivity index (χ0v) is 21.8. The molecular weight excluding hydrogens is 468 g/mol. The highest BCUT2D eigenvalue weighted by atomic mass is 16.5. The summed E-state index contributed by atoms with van der Waals surface area (Å²) in [6, 6.07) is 5.55. The molecule has 1 aromatic carbocycles. The third kappa shape index (κ3) is 4.78. The van der Waals surface area contributed by atoms with Crippen molar-refractivity contribution in [3.05, 3.63) is 41.3 Å². The van der Waals surface area contributed by atoms with Crippen molar-refractivity contribution in [1.82, 2.24) is 14.9 Å². The third-order valence-electron chi connectivity index (χ3n) is 9.12. The molecule has 2 heterocycles. The van der Waals surface area contributed by atoms with E-state index < -0.39 is 0 Å². The average Bonchev–Trinajstić information content (AvgIpc) is 2.87. The second kappa shape index (κ2) is 9.62. The highest BCUT2D eigenvalue weighted by molar-refractivity contribution is 5.91. The van der Waals surface area contributed by atoms with Gasteiger partial charge in [-0.3, -0.25) is 9.59 Å². The van der Waals surface area contributed by atoms with Crippen LogP contribution >= 0.6 is 0 Å². The van der Waals surface area contributed by atoms with Crippen molar-refractivity contribution in [1.29, 1.82) is 0 Å². The minimum Gasteiger partial charge on any atom is -0.493 e. The predicted octanol–water partition coefficient (Wildman–Crippen LogP) is 4.17. The molecule has 0 spiro atoms. The van der Waals surface area contributed by atoms with Crippen LogP contribution in [0.25, 0.3) is 0 Å². The summed E-state index contributed by atoms with van der Waals surface area (Å²) in [4.78, 5) is 37.0. The number of carbonyl (C=O) groups excluding carboxylic acids is 2. The molecule has 2 aromatic rings. The fourth-order valence-corrected chi connectivity index (χ4v) is 7.98. The van der Waals surface area contributed by atoms with Crippen LogP contribution < -0.4 is 14.8 Å². The summed E-state index contributed by atoms with van der Waals surface area (Å²) >= 11 is 0. The number of methoxy groups -OCH3 is 2. The van der Waals surface area contributed by atoms with E-state index in [9.17, 15) is 9.59 Å². The van der Waals surface area contributed by atoms with Crippen LogP contribution in [0.15, 0.2) is 24.5 Å². The number of hydrogen-bond acceptors (Lipinski definition) is 6. The van der Waals surface area contributed by atoms with E-state index in [0.717, 1.165) is 34.6 Å². The molecule has 196 valence electrons. The fourth-order valence-electron chi connectivity index (χ4n) is 7.98. The third-order valence-corrected chi connectivity index (χ3v) is 9.12. The lowest BCUT2D eigenvalue weighted by Crippen LogP contribution is -2.47. The molecule has 0 atom stereocenters. The second-order valence-electron chi connectivity index (χ2n) is 11.7. The Hall–Kier alpha value is -3.16. The van der Waals surface area contributed by atoms with Crippen LogP contribution in [-0.2, 0) is 29.0 Å². The first kappa shape index (κ1) is 24.2. The van der Waals surface area contributed by atoms with Crippen molar-refractivity contribution < 1.29 is 19.1 Å². The number of benzene rings is 1. The van der Waals surface area contributed by atoms with Gasteiger partial charge in [-0.2, -0.15) is 0 Å². The molecule has 8 heteroatoms. The smallest absolute Gasteiger partial charge is 0.227 e. The number of amides is 2. The summed E-state index contributed by atoms with van der Waals surface area (Å²) < 4.78 is 10.7. The van der Waals surface area contributed by atoms with Crippen LogP contribution in [0.3, 0.4) is 0 Å². The molecule has 4 bridgehead atoms. The van der Waals surface area contributed by atoms with Gasteiger partial charge in [0.2, 0.25) is 11.8 Å². The molecule has 0 radical (unpaired) electrons. The van der Waals surface area contributed by atoms with Crippen molar-refractivity contribution in [2.24, 2.45) is 23.2 Å².